The normalized spacial score (nSPS) is 25.3. The Balaban J connectivity index is 2.67. The minimum atomic E-state index is 0.485. The zero-order chi connectivity index (χ0) is 9.84. The van der Waals surface area contributed by atoms with Crippen LogP contribution >= 0.6 is 0 Å². The van der Waals surface area contributed by atoms with Crippen LogP contribution in [0.2, 0.25) is 0 Å². The molecular formula is C9H20N4. The molecule has 0 saturated carbocycles. The highest BCUT2D eigenvalue weighted by Crippen LogP contribution is 2.22. The first-order chi connectivity index (χ1) is 6.16. The van der Waals surface area contributed by atoms with Crippen molar-refractivity contribution in [2.24, 2.45) is 22.6 Å². The van der Waals surface area contributed by atoms with Crippen molar-refractivity contribution in [3.05, 3.63) is 0 Å². The Kier molecular flexibility index (Phi) is 3.39. The Morgan fingerprint density at radius 1 is 1.46 bits per heavy atom. The van der Waals surface area contributed by atoms with Crippen molar-refractivity contribution in [2.45, 2.75) is 39.2 Å². The summed E-state index contributed by atoms with van der Waals surface area (Å²) in [5, 5.41) is 3.57. The fraction of sp³-hybridized carbons (Fsp3) is 0.889. The van der Waals surface area contributed by atoms with Gasteiger partial charge in [-0.15, -0.1) is 5.10 Å². The van der Waals surface area contributed by atoms with E-state index in [1.165, 1.54) is 19.3 Å². The van der Waals surface area contributed by atoms with Gasteiger partial charge in [0.15, 0.2) is 0 Å². The van der Waals surface area contributed by atoms with Crippen LogP contribution in [-0.4, -0.2) is 23.4 Å². The number of nitrogens with two attached hydrogens (primary N) is 2. The Morgan fingerprint density at radius 2 is 2.15 bits per heavy atom. The Morgan fingerprint density at radius 3 is 2.69 bits per heavy atom. The van der Waals surface area contributed by atoms with Crippen LogP contribution in [0.25, 0.3) is 0 Å². The van der Waals surface area contributed by atoms with Gasteiger partial charge in [0.25, 0.3) is 0 Å². The Bertz CT molecular complexity index is 188. The summed E-state index contributed by atoms with van der Waals surface area (Å²) in [6.45, 7) is 5.43. The highest BCUT2D eigenvalue weighted by atomic mass is 15.3. The molecule has 0 aliphatic carbocycles. The summed E-state index contributed by atoms with van der Waals surface area (Å²) in [6.07, 6.45) is 3.69. The smallest absolute Gasteiger partial charge is 0.213 e. The number of guanidine groups is 1. The van der Waals surface area contributed by atoms with Gasteiger partial charge in [0.2, 0.25) is 5.96 Å². The second-order valence-corrected chi connectivity index (χ2v) is 3.99. The van der Waals surface area contributed by atoms with Gasteiger partial charge in [-0.25, -0.2) is 0 Å². The summed E-state index contributed by atoms with van der Waals surface area (Å²) >= 11 is 0. The predicted octanol–water partition coefficient (Wildman–Crippen LogP) is 0.685. The monoisotopic (exact) mass is 184 g/mol. The number of hydrogen-bond donors (Lipinski definition) is 2. The maximum atomic E-state index is 5.73. The molecule has 0 aromatic carbocycles. The Labute approximate surface area is 80.0 Å². The number of hydrazone groups is 1. The second-order valence-electron chi connectivity index (χ2n) is 3.99. The minimum Gasteiger partial charge on any atom is -0.368 e. The first kappa shape index (κ1) is 10.2. The SMILES string of the molecule is CC(C)C1CCCCN1/C(N)=N/N. The average Bonchev–Trinajstić information content (AvgIpc) is 2.16. The van der Waals surface area contributed by atoms with Gasteiger partial charge in [0.1, 0.15) is 0 Å². The molecule has 4 N–H and O–H groups in total. The van der Waals surface area contributed by atoms with Crippen LogP contribution in [0.5, 0.6) is 0 Å². The lowest BCUT2D eigenvalue weighted by Crippen LogP contribution is -2.50. The molecule has 0 amide bonds. The maximum Gasteiger partial charge on any atom is 0.213 e. The van der Waals surface area contributed by atoms with Crippen molar-refractivity contribution in [3.63, 3.8) is 0 Å². The molecule has 1 fully saturated rings. The standard InChI is InChI=1S/C9H20N4/c1-7(2)8-5-3-4-6-13(8)9(10)12-11/h7-8H,3-6,11H2,1-2H3,(H2,10,12). The number of piperidine rings is 1. The van der Waals surface area contributed by atoms with Crippen LogP contribution in [-0.2, 0) is 0 Å². The first-order valence-corrected chi connectivity index (χ1v) is 4.96. The minimum absolute atomic E-state index is 0.485. The van der Waals surface area contributed by atoms with E-state index in [1.54, 1.807) is 0 Å². The maximum absolute atomic E-state index is 5.73. The predicted molar refractivity (Wildman–Crippen MR) is 55.0 cm³/mol. The van der Waals surface area contributed by atoms with E-state index in [1.807, 2.05) is 0 Å². The van der Waals surface area contributed by atoms with Gasteiger partial charge in [0, 0.05) is 12.6 Å². The van der Waals surface area contributed by atoms with E-state index in [4.69, 9.17) is 11.6 Å². The molecule has 1 atom stereocenters. The van der Waals surface area contributed by atoms with Gasteiger partial charge >= 0.3 is 0 Å². The van der Waals surface area contributed by atoms with Crippen molar-refractivity contribution in [2.75, 3.05) is 6.54 Å². The molecule has 1 saturated heterocycles. The molecule has 1 aliphatic heterocycles. The van der Waals surface area contributed by atoms with Crippen molar-refractivity contribution in [1.29, 1.82) is 0 Å². The number of hydrogen-bond acceptors (Lipinski definition) is 2. The van der Waals surface area contributed by atoms with E-state index in [0.717, 1.165) is 6.54 Å². The first-order valence-electron chi connectivity index (χ1n) is 4.96. The molecule has 4 heteroatoms. The molecule has 13 heavy (non-hydrogen) atoms. The third-order valence-corrected chi connectivity index (χ3v) is 2.75. The van der Waals surface area contributed by atoms with Gasteiger partial charge in [0.05, 0.1) is 0 Å². The third-order valence-electron chi connectivity index (χ3n) is 2.75. The van der Waals surface area contributed by atoms with Crippen LogP contribution in [0.3, 0.4) is 0 Å². The molecule has 76 valence electrons. The molecular weight excluding hydrogens is 164 g/mol. The summed E-state index contributed by atoms with van der Waals surface area (Å²) in [4.78, 5) is 2.13. The van der Waals surface area contributed by atoms with Crippen LogP contribution in [0.1, 0.15) is 33.1 Å². The quantitative estimate of drug-likeness (QED) is 0.272. The van der Waals surface area contributed by atoms with Gasteiger partial charge < -0.3 is 16.5 Å². The zero-order valence-electron chi connectivity index (χ0n) is 8.53. The lowest BCUT2D eigenvalue weighted by molar-refractivity contribution is 0.189. The molecule has 0 bridgehead atoms. The highest BCUT2D eigenvalue weighted by molar-refractivity contribution is 5.78. The highest BCUT2D eigenvalue weighted by Gasteiger charge is 2.26. The zero-order valence-corrected chi connectivity index (χ0v) is 8.53. The van der Waals surface area contributed by atoms with E-state index >= 15 is 0 Å². The largest absolute Gasteiger partial charge is 0.368 e. The molecule has 0 radical (unpaired) electrons. The van der Waals surface area contributed by atoms with E-state index in [0.29, 0.717) is 17.9 Å². The van der Waals surface area contributed by atoms with Crippen molar-refractivity contribution in [1.82, 2.24) is 4.90 Å². The van der Waals surface area contributed by atoms with Crippen molar-refractivity contribution >= 4 is 5.96 Å². The van der Waals surface area contributed by atoms with Gasteiger partial charge in [-0.05, 0) is 25.2 Å². The van der Waals surface area contributed by atoms with Gasteiger partial charge in [-0.1, -0.05) is 13.8 Å². The average molecular weight is 184 g/mol. The van der Waals surface area contributed by atoms with Crippen LogP contribution < -0.4 is 11.6 Å². The van der Waals surface area contributed by atoms with E-state index in [9.17, 15) is 0 Å². The molecule has 0 aromatic rings. The van der Waals surface area contributed by atoms with Crippen molar-refractivity contribution < 1.29 is 0 Å². The van der Waals surface area contributed by atoms with Gasteiger partial charge in [-0.2, -0.15) is 0 Å². The Hall–Kier alpha value is -0.930. The van der Waals surface area contributed by atoms with Crippen LogP contribution in [0.15, 0.2) is 5.10 Å². The summed E-state index contributed by atoms with van der Waals surface area (Å²) in [5.74, 6) is 6.28. The van der Waals surface area contributed by atoms with E-state index in [2.05, 4.69) is 23.8 Å². The number of likely N-dealkylation sites (tertiary alicyclic amines) is 1. The fourth-order valence-corrected chi connectivity index (χ4v) is 2.01. The molecule has 1 aliphatic rings. The lowest BCUT2D eigenvalue weighted by atomic mass is 9.93. The summed E-state index contributed by atoms with van der Waals surface area (Å²) in [7, 11) is 0. The summed E-state index contributed by atoms with van der Waals surface area (Å²) in [5.41, 5.74) is 5.73. The molecule has 1 rings (SSSR count). The summed E-state index contributed by atoms with van der Waals surface area (Å²) < 4.78 is 0. The number of rotatable bonds is 1. The lowest BCUT2D eigenvalue weighted by Gasteiger charge is -2.38. The van der Waals surface area contributed by atoms with Gasteiger partial charge in [-0.3, -0.25) is 0 Å². The molecule has 1 heterocycles. The van der Waals surface area contributed by atoms with E-state index < -0.39 is 0 Å². The van der Waals surface area contributed by atoms with Crippen molar-refractivity contribution in [3.8, 4) is 0 Å². The van der Waals surface area contributed by atoms with E-state index in [-0.39, 0.29) is 0 Å². The third kappa shape index (κ3) is 2.26. The topological polar surface area (TPSA) is 67.6 Å². The second kappa shape index (κ2) is 4.35. The molecule has 1 unspecified atom stereocenters. The molecule has 0 spiro atoms. The fourth-order valence-electron chi connectivity index (χ4n) is 2.01. The molecule has 0 aromatic heterocycles. The number of nitrogens with zero attached hydrogens (tertiary/aromatic N) is 2. The van der Waals surface area contributed by atoms with Crippen LogP contribution in [0.4, 0.5) is 0 Å². The van der Waals surface area contributed by atoms with Crippen LogP contribution in [0, 0.1) is 5.92 Å². The summed E-state index contributed by atoms with van der Waals surface area (Å²) in [6, 6.07) is 0.515. The molecule has 4 nitrogen and oxygen atoms in total.